The molecule has 2 atom stereocenters. The highest BCUT2D eigenvalue weighted by Crippen LogP contribution is 2.63. The molecule has 2 unspecified atom stereocenters. The van der Waals surface area contributed by atoms with Crippen molar-refractivity contribution in [2.24, 2.45) is 11.3 Å². The number of aliphatic hydroxyl groups is 2. The molecule has 0 aromatic rings. The van der Waals surface area contributed by atoms with Crippen molar-refractivity contribution in [2.75, 3.05) is 13.7 Å². The number of hydrogen-bond donors (Lipinski definition) is 2. The molecule has 0 spiro atoms. The van der Waals surface area contributed by atoms with Gasteiger partial charge in [-0.1, -0.05) is 12.2 Å². The Morgan fingerprint density at radius 1 is 1.64 bits per heavy atom. The van der Waals surface area contributed by atoms with E-state index < -0.39 is 0 Å². The molecule has 0 amide bonds. The van der Waals surface area contributed by atoms with E-state index in [1.165, 1.54) is 0 Å². The van der Waals surface area contributed by atoms with Crippen molar-refractivity contribution >= 4 is 0 Å². The van der Waals surface area contributed by atoms with Crippen LogP contribution in [0.5, 0.6) is 0 Å². The van der Waals surface area contributed by atoms with E-state index in [0.29, 0.717) is 18.1 Å². The van der Waals surface area contributed by atoms with Gasteiger partial charge in [0.25, 0.3) is 0 Å². The van der Waals surface area contributed by atoms with Crippen LogP contribution in [0.15, 0.2) is 23.7 Å². The standard InChI is InChI=1S/C11H16O3/c1-14-10-8-7-11(8,4-2-6-12)5-3-9(10)13/h2,4,8,12-13H,3,5-7H2,1H3/b4-2+. The van der Waals surface area contributed by atoms with E-state index in [0.717, 1.165) is 18.6 Å². The van der Waals surface area contributed by atoms with Gasteiger partial charge in [0.05, 0.1) is 13.7 Å². The number of rotatable bonds is 3. The Balaban J connectivity index is 2.15. The van der Waals surface area contributed by atoms with Gasteiger partial charge in [0, 0.05) is 12.3 Å². The first-order valence-electron chi connectivity index (χ1n) is 4.98. The number of aliphatic hydroxyl groups excluding tert-OH is 2. The van der Waals surface area contributed by atoms with Crippen LogP contribution in [0.4, 0.5) is 0 Å². The lowest BCUT2D eigenvalue weighted by Gasteiger charge is -2.20. The van der Waals surface area contributed by atoms with Gasteiger partial charge >= 0.3 is 0 Å². The summed E-state index contributed by atoms with van der Waals surface area (Å²) >= 11 is 0. The van der Waals surface area contributed by atoms with E-state index in [-0.39, 0.29) is 12.0 Å². The van der Waals surface area contributed by atoms with Gasteiger partial charge in [-0.15, -0.1) is 0 Å². The second-order valence-electron chi connectivity index (χ2n) is 4.09. The first-order valence-corrected chi connectivity index (χ1v) is 4.98. The number of methoxy groups -OCH3 is 1. The Hall–Kier alpha value is -0.960. The van der Waals surface area contributed by atoms with Gasteiger partial charge in [0.1, 0.15) is 11.5 Å². The largest absolute Gasteiger partial charge is 0.509 e. The molecule has 2 aliphatic rings. The molecule has 2 rings (SSSR count). The molecule has 2 aliphatic carbocycles. The molecule has 0 aromatic heterocycles. The Kier molecular flexibility index (Phi) is 2.27. The fraction of sp³-hybridized carbons (Fsp3) is 0.636. The van der Waals surface area contributed by atoms with Gasteiger partial charge in [-0.2, -0.15) is 0 Å². The maximum absolute atomic E-state index is 9.59. The second kappa shape index (κ2) is 3.31. The highest BCUT2D eigenvalue weighted by Gasteiger charge is 2.57. The minimum absolute atomic E-state index is 0.0898. The summed E-state index contributed by atoms with van der Waals surface area (Å²) < 4.78 is 5.20. The summed E-state index contributed by atoms with van der Waals surface area (Å²) in [6, 6.07) is 0. The minimum Gasteiger partial charge on any atom is -0.509 e. The summed E-state index contributed by atoms with van der Waals surface area (Å²) in [5.74, 6) is 1.49. The van der Waals surface area contributed by atoms with E-state index in [1.807, 2.05) is 0 Å². The van der Waals surface area contributed by atoms with Crippen molar-refractivity contribution in [2.45, 2.75) is 19.3 Å². The van der Waals surface area contributed by atoms with E-state index in [2.05, 4.69) is 6.08 Å². The Morgan fingerprint density at radius 2 is 2.43 bits per heavy atom. The van der Waals surface area contributed by atoms with E-state index in [9.17, 15) is 5.11 Å². The molecule has 14 heavy (non-hydrogen) atoms. The molecule has 3 nitrogen and oxygen atoms in total. The smallest absolute Gasteiger partial charge is 0.137 e. The zero-order valence-electron chi connectivity index (χ0n) is 8.36. The molecule has 3 heteroatoms. The van der Waals surface area contributed by atoms with Crippen molar-refractivity contribution in [1.29, 1.82) is 0 Å². The maximum atomic E-state index is 9.59. The summed E-state index contributed by atoms with van der Waals surface area (Å²) in [5.41, 5.74) is 0.167. The highest BCUT2D eigenvalue weighted by molar-refractivity contribution is 5.29. The summed E-state index contributed by atoms with van der Waals surface area (Å²) in [6.07, 6.45) is 6.55. The van der Waals surface area contributed by atoms with Gasteiger partial charge in [0.15, 0.2) is 0 Å². The van der Waals surface area contributed by atoms with Crippen molar-refractivity contribution in [3.8, 4) is 0 Å². The molecule has 0 heterocycles. The number of ether oxygens (including phenoxy) is 1. The maximum Gasteiger partial charge on any atom is 0.137 e. The molecule has 1 saturated carbocycles. The third-order valence-corrected chi connectivity index (χ3v) is 3.32. The quantitative estimate of drug-likeness (QED) is 0.676. The number of hydrogen-bond acceptors (Lipinski definition) is 3. The number of fused-ring (bicyclic) bond motifs is 1. The van der Waals surface area contributed by atoms with Crippen LogP contribution in [-0.4, -0.2) is 23.9 Å². The Bertz CT molecular complexity index is 293. The molecule has 1 fully saturated rings. The van der Waals surface area contributed by atoms with Crippen LogP contribution < -0.4 is 0 Å². The van der Waals surface area contributed by atoms with Crippen LogP contribution in [0, 0.1) is 11.3 Å². The van der Waals surface area contributed by atoms with Crippen LogP contribution >= 0.6 is 0 Å². The molecule has 0 aromatic carbocycles. The zero-order chi connectivity index (χ0) is 10.2. The Morgan fingerprint density at radius 3 is 3.07 bits per heavy atom. The predicted molar refractivity (Wildman–Crippen MR) is 52.7 cm³/mol. The predicted octanol–water partition coefficient (Wildman–Crippen LogP) is 1.75. The van der Waals surface area contributed by atoms with Crippen LogP contribution in [0.2, 0.25) is 0 Å². The van der Waals surface area contributed by atoms with E-state index in [1.54, 1.807) is 13.2 Å². The van der Waals surface area contributed by atoms with Gasteiger partial charge in [0.2, 0.25) is 0 Å². The molecule has 0 radical (unpaired) electrons. The highest BCUT2D eigenvalue weighted by atomic mass is 16.5. The molecular formula is C11H16O3. The zero-order valence-corrected chi connectivity index (χ0v) is 8.36. The SMILES string of the molecule is COC1=C(O)CCC2(/C=C/CO)CC12. The van der Waals surface area contributed by atoms with Crippen LogP contribution in [-0.2, 0) is 4.74 Å². The number of allylic oxidation sites excluding steroid dienone is 3. The van der Waals surface area contributed by atoms with Crippen LogP contribution in [0.3, 0.4) is 0 Å². The lowest BCUT2D eigenvalue weighted by Crippen LogP contribution is -2.12. The van der Waals surface area contributed by atoms with Gasteiger partial charge in [-0.25, -0.2) is 0 Å². The molecule has 0 bridgehead atoms. The Labute approximate surface area is 83.7 Å². The van der Waals surface area contributed by atoms with Crippen LogP contribution in [0.1, 0.15) is 19.3 Å². The fourth-order valence-corrected chi connectivity index (χ4v) is 2.44. The minimum atomic E-state index is 0.0898. The lowest BCUT2D eigenvalue weighted by atomic mass is 9.90. The molecular weight excluding hydrogens is 180 g/mol. The summed E-state index contributed by atoms with van der Waals surface area (Å²) in [5, 5.41) is 18.3. The van der Waals surface area contributed by atoms with Crippen molar-refractivity contribution < 1.29 is 14.9 Å². The molecule has 78 valence electrons. The fourth-order valence-electron chi connectivity index (χ4n) is 2.44. The van der Waals surface area contributed by atoms with Gasteiger partial charge < -0.3 is 14.9 Å². The topological polar surface area (TPSA) is 49.7 Å². The monoisotopic (exact) mass is 196 g/mol. The van der Waals surface area contributed by atoms with Crippen LogP contribution in [0.25, 0.3) is 0 Å². The van der Waals surface area contributed by atoms with Crippen molar-refractivity contribution in [3.05, 3.63) is 23.7 Å². The summed E-state index contributed by atoms with van der Waals surface area (Å²) in [6.45, 7) is 0.0898. The average Bonchev–Trinajstić information content (AvgIpc) is 2.90. The lowest BCUT2D eigenvalue weighted by molar-refractivity contribution is 0.202. The van der Waals surface area contributed by atoms with Crippen molar-refractivity contribution in [3.63, 3.8) is 0 Å². The first kappa shape index (κ1) is 9.59. The van der Waals surface area contributed by atoms with Crippen molar-refractivity contribution in [1.82, 2.24) is 0 Å². The molecule has 0 aliphatic heterocycles. The summed E-state index contributed by atoms with van der Waals surface area (Å²) in [4.78, 5) is 0. The first-order chi connectivity index (χ1) is 6.73. The molecule has 2 N–H and O–H groups in total. The normalized spacial score (nSPS) is 36.0. The summed E-state index contributed by atoms with van der Waals surface area (Å²) in [7, 11) is 1.61. The third-order valence-electron chi connectivity index (χ3n) is 3.32. The van der Waals surface area contributed by atoms with E-state index in [4.69, 9.17) is 9.84 Å². The van der Waals surface area contributed by atoms with Gasteiger partial charge in [-0.05, 0) is 18.3 Å². The van der Waals surface area contributed by atoms with E-state index >= 15 is 0 Å². The van der Waals surface area contributed by atoms with Gasteiger partial charge in [-0.3, -0.25) is 0 Å². The second-order valence-corrected chi connectivity index (χ2v) is 4.09. The molecule has 0 saturated heterocycles. The average molecular weight is 196 g/mol. The third kappa shape index (κ3) is 1.32.